The number of nitriles is 1. The molecule has 2 aromatic rings. The predicted molar refractivity (Wildman–Crippen MR) is 80.2 cm³/mol. The Bertz CT molecular complexity index is 657. The summed E-state index contributed by atoms with van der Waals surface area (Å²) in [5, 5.41) is 11.5. The topological polar surface area (TPSA) is 62.1 Å². The van der Waals surface area contributed by atoms with Gasteiger partial charge in [0.1, 0.15) is 12.4 Å². The Morgan fingerprint density at radius 3 is 2.67 bits per heavy atom. The fraction of sp³-hybridized carbons (Fsp3) is 0.176. The summed E-state index contributed by atoms with van der Waals surface area (Å²) in [4.78, 5) is 11.9. The molecule has 21 heavy (non-hydrogen) atoms. The molecule has 4 nitrogen and oxygen atoms in total. The molecule has 0 saturated carbocycles. The molecule has 1 N–H and O–H groups in total. The summed E-state index contributed by atoms with van der Waals surface area (Å²) in [5.41, 5.74) is 2.20. The van der Waals surface area contributed by atoms with E-state index >= 15 is 0 Å². The van der Waals surface area contributed by atoms with Gasteiger partial charge in [-0.2, -0.15) is 5.26 Å². The average Bonchev–Trinajstić information content (AvgIpc) is 2.51. The highest BCUT2D eigenvalue weighted by molar-refractivity contribution is 5.94. The standard InChI is InChI=1S/C17H16N2O2/c1-13-3-2-4-16(11-13)21-10-9-19-17(20)15-7-5-14(12-18)6-8-15/h2-8,11H,9-10H2,1H3,(H,19,20). The number of benzene rings is 2. The molecule has 2 rings (SSSR count). The lowest BCUT2D eigenvalue weighted by Gasteiger charge is -2.08. The number of hydrogen-bond donors (Lipinski definition) is 1. The van der Waals surface area contributed by atoms with Gasteiger partial charge >= 0.3 is 0 Å². The second-order valence-electron chi connectivity index (χ2n) is 4.61. The van der Waals surface area contributed by atoms with E-state index in [4.69, 9.17) is 10.00 Å². The molecule has 0 aliphatic rings. The molecular weight excluding hydrogens is 264 g/mol. The van der Waals surface area contributed by atoms with E-state index in [0.29, 0.717) is 24.3 Å². The van der Waals surface area contributed by atoms with Gasteiger partial charge in [-0.3, -0.25) is 4.79 Å². The van der Waals surface area contributed by atoms with Crippen LogP contribution in [0.1, 0.15) is 21.5 Å². The van der Waals surface area contributed by atoms with Crippen molar-refractivity contribution in [3.63, 3.8) is 0 Å². The van der Waals surface area contributed by atoms with Gasteiger partial charge in [-0.05, 0) is 48.9 Å². The number of ether oxygens (including phenoxy) is 1. The van der Waals surface area contributed by atoms with Crippen molar-refractivity contribution >= 4 is 5.91 Å². The van der Waals surface area contributed by atoms with E-state index in [2.05, 4.69) is 5.32 Å². The molecule has 0 radical (unpaired) electrons. The highest BCUT2D eigenvalue weighted by atomic mass is 16.5. The Kier molecular flexibility index (Phi) is 4.94. The van der Waals surface area contributed by atoms with Crippen LogP contribution >= 0.6 is 0 Å². The van der Waals surface area contributed by atoms with Crippen LogP contribution in [-0.2, 0) is 0 Å². The number of nitrogens with one attached hydrogen (secondary N) is 1. The number of carbonyl (C=O) groups excluding carboxylic acids is 1. The van der Waals surface area contributed by atoms with E-state index in [-0.39, 0.29) is 5.91 Å². The highest BCUT2D eigenvalue weighted by Crippen LogP contribution is 2.11. The molecule has 0 bridgehead atoms. The molecule has 0 unspecified atom stereocenters. The molecule has 1 amide bonds. The zero-order valence-corrected chi connectivity index (χ0v) is 11.8. The van der Waals surface area contributed by atoms with Gasteiger partial charge in [-0.15, -0.1) is 0 Å². The summed E-state index contributed by atoms with van der Waals surface area (Å²) in [6, 6.07) is 16.3. The SMILES string of the molecule is Cc1cccc(OCCNC(=O)c2ccc(C#N)cc2)c1. The van der Waals surface area contributed by atoms with Crippen LogP contribution in [0.5, 0.6) is 5.75 Å². The van der Waals surface area contributed by atoms with Crippen LogP contribution in [0.15, 0.2) is 48.5 Å². The maximum absolute atomic E-state index is 11.9. The van der Waals surface area contributed by atoms with Crippen molar-refractivity contribution in [3.8, 4) is 11.8 Å². The maximum atomic E-state index is 11.9. The van der Waals surface area contributed by atoms with Crippen LogP contribution in [0.3, 0.4) is 0 Å². The van der Waals surface area contributed by atoms with E-state index in [1.54, 1.807) is 24.3 Å². The summed E-state index contributed by atoms with van der Waals surface area (Å²) >= 11 is 0. The molecule has 106 valence electrons. The highest BCUT2D eigenvalue weighted by Gasteiger charge is 2.04. The Labute approximate surface area is 124 Å². The average molecular weight is 280 g/mol. The lowest BCUT2D eigenvalue weighted by atomic mass is 10.1. The van der Waals surface area contributed by atoms with Crippen molar-refractivity contribution in [3.05, 3.63) is 65.2 Å². The number of amides is 1. The zero-order valence-electron chi connectivity index (χ0n) is 11.8. The third-order valence-corrected chi connectivity index (χ3v) is 2.92. The third kappa shape index (κ3) is 4.36. The summed E-state index contributed by atoms with van der Waals surface area (Å²) < 4.78 is 5.55. The van der Waals surface area contributed by atoms with Gasteiger partial charge in [-0.1, -0.05) is 12.1 Å². The first kappa shape index (κ1) is 14.6. The molecule has 0 aromatic heterocycles. The van der Waals surface area contributed by atoms with Gasteiger partial charge in [0.25, 0.3) is 5.91 Å². The monoisotopic (exact) mass is 280 g/mol. The lowest BCUT2D eigenvalue weighted by Crippen LogP contribution is -2.28. The van der Waals surface area contributed by atoms with Gasteiger partial charge in [-0.25, -0.2) is 0 Å². The first-order chi connectivity index (χ1) is 10.2. The van der Waals surface area contributed by atoms with Crippen molar-refractivity contribution < 1.29 is 9.53 Å². The molecule has 2 aromatic carbocycles. The Morgan fingerprint density at radius 1 is 1.24 bits per heavy atom. The first-order valence-electron chi connectivity index (χ1n) is 6.67. The van der Waals surface area contributed by atoms with Crippen LogP contribution in [0.4, 0.5) is 0 Å². The van der Waals surface area contributed by atoms with Gasteiger partial charge in [0.05, 0.1) is 18.2 Å². The molecule has 0 spiro atoms. The third-order valence-electron chi connectivity index (χ3n) is 2.92. The normalized spacial score (nSPS) is 9.71. The first-order valence-corrected chi connectivity index (χ1v) is 6.67. The molecule has 0 heterocycles. The minimum absolute atomic E-state index is 0.174. The molecule has 0 aliphatic heterocycles. The van der Waals surface area contributed by atoms with Crippen LogP contribution in [0.2, 0.25) is 0 Å². The van der Waals surface area contributed by atoms with E-state index in [1.807, 2.05) is 37.3 Å². The number of hydrogen-bond acceptors (Lipinski definition) is 3. The Balaban J connectivity index is 1.77. The summed E-state index contributed by atoms with van der Waals surface area (Å²) in [7, 11) is 0. The Morgan fingerprint density at radius 2 is 2.00 bits per heavy atom. The maximum Gasteiger partial charge on any atom is 0.251 e. The fourth-order valence-corrected chi connectivity index (χ4v) is 1.84. The summed E-state index contributed by atoms with van der Waals surface area (Å²) in [6.07, 6.45) is 0. The van der Waals surface area contributed by atoms with Crippen molar-refractivity contribution in [1.82, 2.24) is 5.32 Å². The van der Waals surface area contributed by atoms with Crippen LogP contribution in [0, 0.1) is 18.3 Å². The molecular formula is C17H16N2O2. The molecule has 0 atom stereocenters. The molecule has 0 saturated heterocycles. The van der Waals surface area contributed by atoms with E-state index in [0.717, 1.165) is 11.3 Å². The quantitative estimate of drug-likeness (QED) is 0.856. The van der Waals surface area contributed by atoms with Crippen molar-refractivity contribution in [1.29, 1.82) is 5.26 Å². The van der Waals surface area contributed by atoms with Crippen LogP contribution in [0.25, 0.3) is 0 Å². The van der Waals surface area contributed by atoms with Gasteiger partial charge in [0.15, 0.2) is 0 Å². The van der Waals surface area contributed by atoms with Crippen molar-refractivity contribution in [2.75, 3.05) is 13.2 Å². The van der Waals surface area contributed by atoms with E-state index in [9.17, 15) is 4.79 Å². The second kappa shape index (κ2) is 7.11. The van der Waals surface area contributed by atoms with Crippen LogP contribution < -0.4 is 10.1 Å². The number of rotatable bonds is 5. The molecule has 0 aliphatic carbocycles. The molecule has 0 fully saturated rings. The zero-order chi connectivity index (χ0) is 15.1. The summed E-state index contributed by atoms with van der Waals surface area (Å²) in [6.45, 7) is 2.83. The predicted octanol–water partition coefficient (Wildman–Crippen LogP) is 2.68. The van der Waals surface area contributed by atoms with Gasteiger partial charge in [0.2, 0.25) is 0 Å². The Hall–Kier alpha value is -2.80. The number of aryl methyl sites for hydroxylation is 1. The molecule has 4 heteroatoms. The van der Waals surface area contributed by atoms with Crippen molar-refractivity contribution in [2.45, 2.75) is 6.92 Å². The van der Waals surface area contributed by atoms with E-state index < -0.39 is 0 Å². The second-order valence-corrected chi connectivity index (χ2v) is 4.61. The number of nitrogens with zero attached hydrogens (tertiary/aromatic N) is 1. The van der Waals surface area contributed by atoms with E-state index in [1.165, 1.54) is 0 Å². The van der Waals surface area contributed by atoms with Gasteiger partial charge < -0.3 is 10.1 Å². The lowest BCUT2D eigenvalue weighted by molar-refractivity contribution is 0.0947. The minimum atomic E-state index is -0.174. The van der Waals surface area contributed by atoms with Crippen LogP contribution in [-0.4, -0.2) is 19.1 Å². The minimum Gasteiger partial charge on any atom is -0.492 e. The largest absolute Gasteiger partial charge is 0.492 e. The van der Waals surface area contributed by atoms with Gasteiger partial charge in [0, 0.05) is 5.56 Å². The van der Waals surface area contributed by atoms with Crippen molar-refractivity contribution in [2.24, 2.45) is 0 Å². The number of carbonyl (C=O) groups is 1. The fourth-order valence-electron chi connectivity index (χ4n) is 1.84. The smallest absolute Gasteiger partial charge is 0.251 e. The summed E-state index contributed by atoms with van der Waals surface area (Å²) in [5.74, 6) is 0.620.